The van der Waals surface area contributed by atoms with Crippen LogP contribution >= 0.6 is 22.9 Å². The van der Waals surface area contributed by atoms with Gasteiger partial charge in [-0.3, -0.25) is 14.5 Å². The standard InChI is InChI=1S/C28H32ClN7O3S2/c1-18(17-35-10-3-2-4-11-35)26(23-14-20(7-9-30-23)34-41(38,39)21-5-6-21)33-27(37)28-31-16-25(40-28)22-15-32-36-12-8-19(29)13-24(22)36/h7-9,12-16,18,21,26H,2-6,10-11,17H2,1H3,(H,30,34)(H,33,37)/t18-,26+/m0/s1. The Bertz CT molecular complexity index is 1660. The molecule has 0 bridgehead atoms. The topological polar surface area (TPSA) is 122 Å². The second-order valence-corrected chi connectivity index (χ2v) is 14.3. The predicted octanol–water partition coefficient (Wildman–Crippen LogP) is 5.00. The SMILES string of the molecule is C[C@@H](CN1CCCCC1)[C@@H](NC(=O)c1ncc(-c2cnn3ccc(Cl)cc23)s1)c1cc(NS(=O)(=O)C2CC2)ccn1. The summed E-state index contributed by atoms with van der Waals surface area (Å²) in [5.41, 5.74) is 2.73. The fourth-order valence-corrected chi connectivity index (χ4v) is 7.70. The van der Waals surface area contributed by atoms with Crippen molar-refractivity contribution in [3.63, 3.8) is 0 Å². The van der Waals surface area contributed by atoms with Crippen LogP contribution in [0.1, 0.15) is 60.6 Å². The fraction of sp³-hybridized carbons (Fsp3) is 0.429. The van der Waals surface area contributed by atoms with E-state index in [-0.39, 0.29) is 17.1 Å². The molecule has 41 heavy (non-hydrogen) atoms. The van der Waals surface area contributed by atoms with Gasteiger partial charge in [0.15, 0.2) is 5.01 Å². The summed E-state index contributed by atoms with van der Waals surface area (Å²) in [6.45, 7) is 4.94. The Hall–Kier alpha value is -3.06. The first-order chi connectivity index (χ1) is 19.8. The highest BCUT2D eigenvalue weighted by molar-refractivity contribution is 7.93. The minimum Gasteiger partial charge on any atom is -0.341 e. The molecule has 0 spiro atoms. The van der Waals surface area contributed by atoms with E-state index in [0.29, 0.717) is 34.3 Å². The van der Waals surface area contributed by atoms with E-state index in [1.807, 2.05) is 6.07 Å². The summed E-state index contributed by atoms with van der Waals surface area (Å²) in [5, 5.41) is 8.13. The van der Waals surface area contributed by atoms with Gasteiger partial charge in [0.2, 0.25) is 10.0 Å². The molecule has 1 aliphatic carbocycles. The number of anilines is 1. The van der Waals surface area contributed by atoms with Gasteiger partial charge in [-0.1, -0.05) is 24.9 Å². The summed E-state index contributed by atoms with van der Waals surface area (Å²) in [6, 6.07) is 6.53. The number of thiazole rings is 1. The average molecular weight is 614 g/mol. The first kappa shape index (κ1) is 28.1. The monoisotopic (exact) mass is 613 g/mol. The Kier molecular flexibility index (Phi) is 7.99. The number of nitrogens with one attached hydrogen (secondary N) is 2. The molecule has 5 heterocycles. The van der Waals surface area contributed by atoms with E-state index >= 15 is 0 Å². The molecule has 2 fully saturated rings. The van der Waals surface area contributed by atoms with Gasteiger partial charge in [0.05, 0.1) is 39.3 Å². The zero-order valence-electron chi connectivity index (χ0n) is 22.7. The van der Waals surface area contributed by atoms with Crippen LogP contribution in [-0.4, -0.2) is 63.7 Å². The third-order valence-electron chi connectivity index (χ3n) is 7.62. The Morgan fingerprint density at radius 1 is 1.15 bits per heavy atom. The Labute approximate surface area is 248 Å². The smallest absolute Gasteiger partial charge is 0.280 e. The molecule has 1 saturated heterocycles. The Balaban J connectivity index is 1.25. The van der Waals surface area contributed by atoms with Crippen molar-refractivity contribution in [2.45, 2.75) is 50.3 Å². The number of aromatic nitrogens is 4. The molecule has 0 unspecified atom stereocenters. The lowest BCUT2D eigenvalue weighted by atomic mass is 9.96. The van der Waals surface area contributed by atoms with Gasteiger partial charge in [-0.25, -0.2) is 17.9 Å². The summed E-state index contributed by atoms with van der Waals surface area (Å²) in [4.78, 5) is 25.8. The maximum absolute atomic E-state index is 13.6. The number of piperidine rings is 1. The van der Waals surface area contributed by atoms with E-state index in [2.05, 4.69) is 36.9 Å². The number of likely N-dealkylation sites (tertiary alicyclic amines) is 1. The van der Waals surface area contributed by atoms with Crippen LogP contribution in [0.3, 0.4) is 0 Å². The highest BCUT2D eigenvalue weighted by Crippen LogP contribution is 2.33. The summed E-state index contributed by atoms with van der Waals surface area (Å²) in [7, 11) is -3.43. The molecule has 13 heteroatoms. The molecule has 4 aromatic heterocycles. The molecule has 4 aromatic rings. The van der Waals surface area contributed by atoms with Gasteiger partial charge in [-0.05, 0) is 69.0 Å². The minimum absolute atomic E-state index is 0.0148. The van der Waals surface area contributed by atoms with Gasteiger partial charge in [0.1, 0.15) is 0 Å². The number of hydrogen-bond donors (Lipinski definition) is 2. The van der Waals surface area contributed by atoms with Gasteiger partial charge >= 0.3 is 0 Å². The lowest BCUT2D eigenvalue weighted by Crippen LogP contribution is -2.40. The molecule has 2 atom stereocenters. The molecule has 10 nitrogen and oxygen atoms in total. The highest BCUT2D eigenvalue weighted by atomic mass is 35.5. The van der Waals surface area contributed by atoms with Gasteiger partial charge in [0.25, 0.3) is 5.91 Å². The van der Waals surface area contributed by atoms with E-state index < -0.39 is 16.1 Å². The summed E-state index contributed by atoms with van der Waals surface area (Å²) < 4.78 is 29.6. The number of sulfonamides is 1. The van der Waals surface area contributed by atoms with E-state index in [9.17, 15) is 13.2 Å². The van der Waals surface area contributed by atoms with Crippen molar-refractivity contribution in [1.82, 2.24) is 29.8 Å². The van der Waals surface area contributed by atoms with Gasteiger partial charge < -0.3 is 10.2 Å². The molecular formula is C28H32ClN7O3S2. The molecule has 2 N–H and O–H groups in total. The Morgan fingerprint density at radius 2 is 1.95 bits per heavy atom. The van der Waals surface area contributed by atoms with Crippen LogP contribution in [0.15, 0.2) is 49.1 Å². The van der Waals surface area contributed by atoms with Crippen LogP contribution in [0.2, 0.25) is 5.02 Å². The molecule has 6 rings (SSSR count). The average Bonchev–Trinajstić information content (AvgIpc) is 3.58. The van der Waals surface area contributed by atoms with E-state index in [1.54, 1.807) is 47.5 Å². The highest BCUT2D eigenvalue weighted by Gasteiger charge is 2.36. The van der Waals surface area contributed by atoms with E-state index in [1.165, 1.54) is 17.8 Å². The van der Waals surface area contributed by atoms with Crippen molar-refractivity contribution < 1.29 is 13.2 Å². The van der Waals surface area contributed by atoms with Crippen LogP contribution in [0.25, 0.3) is 16.0 Å². The zero-order chi connectivity index (χ0) is 28.6. The van der Waals surface area contributed by atoms with Crippen LogP contribution in [-0.2, 0) is 10.0 Å². The lowest BCUT2D eigenvalue weighted by Gasteiger charge is -2.32. The quantitative estimate of drug-likeness (QED) is 0.258. The van der Waals surface area contributed by atoms with Crippen molar-refractivity contribution in [2.75, 3.05) is 24.4 Å². The van der Waals surface area contributed by atoms with E-state index in [0.717, 1.165) is 48.4 Å². The number of carbonyl (C=O) groups excluding carboxylic acids is 1. The molecule has 216 valence electrons. The lowest BCUT2D eigenvalue weighted by molar-refractivity contribution is 0.0908. The van der Waals surface area contributed by atoms with Crippen LogP contribution in [0.4, 0.5) is 5.69 Å². The van der Waals surface area contributed by atoms with Crippen molar-refractivity contribution in [3.05, 3.63) is 64.8 Å². The van der Waals surface area contributed by atoms with Crippen molar-refractivity contribution in [3.8, 4) is 10.4 Å². The number of hydrogen-bond acceptors (Lipinski definition) is 8. The Morgan fingerprint density at radius 3 is 2.73 bits per heavy atom. The first-order valence-corrected chi connectivity index (χ1v) is 16.6. The molecule has 0 radical (unpaired) electrons. The van der Waals surface area contributed by atoms with Crippen LogP contribution in [0, 0.1) is 5.92 Å². The molecule has 1 aliphatic heterocycles. The molecule has 2 aliphatic rings. The number of pyridine rings is 2. The first-order valence-electron chi connectivity index (χ1n) is 13.9. The molecule has 0 aromatic carbocycles. The largest absolute Gasteiger partial charge is 0.341 e. The third kappa shape index (κ3) is 6.40. The van der Waals surface area contributed by atoms with Crippen LogP contribution in [0.5, 0.6) is 0 Å². The molecular weight excluding hydrogens is 582 g/mol. The number of halogens is 1. The van der Waals surface area contributed by atoms with Crippen LogP contribution < -0.4 is 10.0 Å². The zero-order valence-corrected chi connectivity index (χ0v) is 25.1. The number of nitrogens with zero attached hydrogens (tertiary/aromatic N) is 5. The van der Waals surface area contributed by atoms with Crippen molar-refractivity contribution >= 4 is 50.1 Å². The second-order valence-electron chi connectivity index (χ2n) is 10.9. The molecule has 1 saturated carbocycles. The number of carbonyl (C=O) groups is 1. The summed E-state index contributed by atoms with van der Waals surface area (Å²) >= 11 is 7.49. The summed E-state index contributed by atoms with van der Waals surface area (Å²) in [5.74, 6) is -0.293. The van der Waals surface area contributed by atoms with Crippen molar-refractivity contribution in [1.29, 1.82) is 0 Å². The van der Waals surface area contributed by atoms with Gasteiger partial charge in [-0.2, -0.15) is 5.10 Å². The maximum Gasteiger partial charge on any atom is 0.280 e. The molecule has 1 amide bonds. The maximum atomic E-state index is 13.6. The fourth-order valence-electron chi connectivity index (χ4n) is 5.32. The normalized spacial score (nSPS) is 17.8. The predicted molar refractivity (Wildman–Crippen MR) is 161 cm³/mol. The van der Waals surface area contributed by atoms with E-state index in [4.69, 9.17) is 11.6 Å². The number of amides is 1. The number of fused-ring (bicyclic) bond motifs is 1. The van der Waals surface area contributed by atoms with Gasteiger partial charge in [-0.15, -0.1) is 11.3 Å². The number of rotatable bonds is 10. The minimum atomic E-state index is -3.43. The van der Waals surface area contributed by atoms with Crippen molar-refractivity contribution in [2.24, 2.45) is 5.92 Å². The summed E-state index contributed by atoms with van der Waals surface area (Å²) in [6.07, 6.45) is 11.7. The second kappa shape index (κ2) is 11.7. The third-order valence-corrected chi connectivity index (χ3v) is 10.8. The van der Waals surface area contributed by atoms with Gasteiger partial charge in [0, 0.05) is 35.7 Å².